The number of anilines is 1. The number of thiocarbonyl (C=S) groups is 1. The van der Waals surface area contributed by atoms with E-state index in [1.165, 1.54) is 12.0 Å². The van der Waals surface area contributed by atoms with Crippen molar-refractivity contribution in [1.82, 2.24) is 10.2 Å². The van der Waals surface area contributed by atoms with Gasteiger partial charge in [0.1, 0.15) is 0 Å². The number of hydrogen-bond donors (Lipinski definition) is 2. The van der Waals surface area contributed by atoms with Gasteiger partial charge in [-0.3, -0.25) is 9.59 Å². The summed E-state index contributed by atoms with van der Waals surface area (Å²) >= 11 is 5.38. The summed E-state index contributed by atoms with van der Waals surface area (Å²) in [5.74, 6) is 0.0681. The van der Waals surface area contributed by atoms with Gasteiger partial charge in [-0.2, -0.15) is 0 Å². The highest BCUT2D eigenvalue weighted by Crippen LogP contribution is 2.21. The quantitative estimate of drug-likeness (QED) is 0.598. The van der Waals surface area contributed by atoms with Gasteiger partial charge < -0.3 is 15.5 Å². The van der Waals surface area contributed by atoms with Crippen molar-refractivity contribution < 1.29 is 9.59 Å². The van der Waals surface area contributed by atoms with Gasteiger partial charge in [-0.05, 0) is 74.0 Å². The number of benzene rings is 2. The predicted molar refractivity (Wildman–Crippen MR) is 134 cm³/mol. The van der Waals surface area contributed by atoms with E-state index in [1.807, 2.05) is 42.2 Å². The lowest BCUT2D eigenvalue weighted by Gasteiger charge is -2.27. The number of carbonyl (C=O) groups excluding carboxylic acids is 2. The molecule has 1 saturated heterocycles. The van der Waals surface area contributed by atoms with E-state index in [-0.39, 0.29) is 22.8 Å². The predicted octanol–water partition coefficient (Wildman–Crippen LogP) is 5.13. The molecule has 5 nitrogen and oxygen atoms in total. The van der Waals surface area contributed by atoms with Crippen LogP contribution in [-0.2, 0) is 11.2 Å². The van der Waals surface area contributed by atoms with E-state index in [2.05, 4.69) is 36.6 Å². The fourth-order valence-corrected chi connectivity index (χ4v) is 4.20. The van der Waals surface area contributed by atoms with Gasteiger partial charge in [-0.15, -0.1) is 0 Å². The highest BCUT2D eigenvalue weighted by Gasteiger charge is 2.22. The maximum absolute atomic E-state index is 13.0. The van der Waals surface area contributed by atoms with E-state index in [0.29, 0.717) is 17.2 Å². The van der Waals surface area contributed by atoms with Crippen LogP contribution in [0.1, 0.15) is 67.4 Å². The topological polar surface area (TPSA) is 61.4 Å². The van der Waals surface area contributed by atoms with Crippen LogP contribution in [0.3, 0.4) is 0 Å². The van der Waals surface area contributed by atoms with E-state index in [9.17, 15) is 9.59 Å². The van der Waals surface area contributed by atoms with Crippen molar-refractivity contribution in [2.75, 3.05) is 18.4 Å². The van der Waals surface area contributed by atoms with Crippen molar-refractivity contribution >= 4 is 34.8 Å². The summed E-state index contributed by atoms with van der Waals surface area (Å²) in [7, 11) is 0. The van der Waals surface area contributed by atoms with Crippen molar-refractivity contribution in [2.24, 2.45) is 5.92 Å². The molecule has 2 amide bonds. The summed E-state index contributed by atoms with van der Waals surface area (Å²) in [4.78, 5) is 27.6. The smallest absolute Gasteiger partial charge is 0.255 e. The normalized spacial score (nSPS) is 14.7. The molecule has 3 rings (SSSR count). The first-order valence-corrected chi connectivity index (χ1v) is 11.8. The third-order valence-corrected chi connectivity index (χ3v) is 6.01. The molecule has 0 bridgehead atoms. The number of likely N-dealkylation sites (tertiary alicyclic amines) is 1. The average molecular weight is 452 g/mol. The maximum atomic E-state index is 13.0. The lowest BCUT2D eigenvalue weighted by molar-refractivity contribution is -0.120. The van der Waals surface area contributed by atoms with Crippen LogP contribution >= 0.6 is 12.2 Å². The third-order valence-electron chi connectivity index (χ3n) is 5.80. The average Bonchev–Trinajstić information content (AvgIpc) is 2.79. The number of hydrogen-bond acceptors (Lipinski definition) is 3. The Bertz CT molecular complexity index is 950. The first kappa shape index (κ1) is 23.9. The largest absolute Gasteiger partial charge is 0.339 e. The van der Waals surface area contributed by atoms with Crippen LogP contribution in [0.15, 0.2) is 48.5 Å². The Morgan fingerprint density at radius 1 is 0.969 bits per heavy atom. The Morgan fingerprint density at radius 3 is 2.28 bits per heavy atom. The van der Waals surface area contributed by atoms with Gasteiger partial charge in [0.05, 0.1) is 17.2 Å². The molecular weight excluding hydrogens is 418 g/mol. The number of amides is 2. The fourth-order valence-electron chi connectivity index (χ4n) is 3.98. The Kier molecular flexibility index (Phi) is 8.39. The van der Waals surface area contributed by atoms with Gasteiger partial charge in [0, 0.05) is 13.1 Å². The Balaban J connectivity index is 1.61. The zero-order valence-electron chi connectivity index (χ0n) is 19.2. The second-order valence-corrected chi connectivity index (χ2v) is 9.31. The van der Waals surface area contributed by atoms with Crippen LogP contribution in [0.5, 0.6) is 0 Å². The Hall–Kier alpha value is -2.73. The third kappa shape index (κ3) is 6.39. The van der Waals surface area contributed by atoms with Gasteiger partial charge in [0.25, 0.3) is 5.91 Å². The minimum absolute atomic E-state index is 0.00298. The molecule has 1 fully saturated rings. The summed E-state index contributed by atoms with van der Waals surface area (Å²) in [6.45, 7) is 7.80. The monoisotopic (exact) mass is 451 g/mol. The summed E-state index contributed by atoms with van der Waals surface area (Å²) in [6.07, 6.45) is 4.25. The molecule has 0 saturated carbocycles. The van der Waals surface area contributed by atoms with Crippen molar-refractivity contribution in [3.63, 3.8) is 0 Å². The lowest BCUT2D eigenvalue weighted by atomic mass is 9.96. The van der Waals surface area contributed by atoms with E-state index in [1.54, 1.807) is 6.07 Å². The summed E-state index contributed by atoms with van der Waals surface area (Å²) in [5, 5.41) is 6.02. The molecule has 32 heavy (non-hydrogen) atoms. The molecule has 6 heteroatoms. The molecule has 0 aliphatic carbocycles. The van der Waals surface area contributed by atoms with Crippen LogP contribution in [0, 0.1) is 5.92 Å². The molecule has 0 spiro atoms. The number of nitrogens with one attached hydrogen (secondary N) is 2. The second-order valence-electron chi connectivity index (χ2n) is 8.90. The lowest BCUT2D eigenvalue weighted by Crippen LogP contribution is -2.38. The van der Waals surface area contributed by atoms with Crippen LogP contribution in [0.2, 0.25) is 0 Å². The SMILES string of the molecule is CC(C)Cc1ccc(C(C)C(=O)NC(=S)Nc2ccccc2C(=O)N2CCCCC2)cc1. The molecule has 170 valence electrons. The van der Waals surface area contributed by atoms with E-state index < -0.39 is 0 Å². The summed E-state index contributed by atoms with van der Waals surface area (Å²) in [6, 6.07) is 15.5. The number of nitrogens with zero attached hydrogens (tertiary/aromatic N) is 1. The molecule has 2 aromatic carbocycles. The standard InChI is InChI=1S/C26H33N3O2S/c1-18(2)17-20-11-13-21(14-12-20)19(3)24(30)28-26(32)27-23-10-6-5-9-22(23)25(31)29-15-7-4-8-16-29/h5-6,9-14,18-19H,4,7-8,15-17H2,1-3H3,(H2,27,28,30,32). The van der Waals surface area contributed by atoms with Crippen LogP contribution in [0.25, 0.3) is 0 Å². The van der Waals surface area contributed by atoms with Gasteiger partial charge in [0.15, 0.2) is 5.11 Å². The molecule has 1 aliphatic rings. The van der Waals surface area contributed by atoms with Gasteiger partial charge >= 0.3 is 0 Å². The molecule has 0 radical (unpaired) electrons. The highest BCUT2D eigenvalue weighted by atomic mass is 32.1. The minimum atomic E-state index is -0.340. The summed E-state index contributed by atoms with van der Waals surface area (Å²) < 4.78 is 0. The van der Waals surface area contributed by atoms with Crippen molar-refractivity contribution in [3.8, 4) is 0 Å². The van der Waals surface area contributed by atoms with Crippen LogP contribution in [0.4, 0.5) is 5.69 Å². The molecular formula is C26H33N3O2S. The molecule has 2 N–H and O–H groups in total. The number of rotatable bonds is 6. The van der Waals surface area contributed by atoms with Gasteiger partial charge in [-0.1, -0.05) is 50.2 Å². The fraction of sp³-hybridized carbons (Fsp3) is 0.423. The Morgan fingerprint density at radius 2 is 1.62 bits per heavy atom. The van der Waals surface area contributed by atoms with Crippen molar-refractivity contribution in [2.45, 2.75) is 52.4 Å². The van der Waals surface area contributed by atoms with Gasteiger partial charge in [0.2, 0.25) is 5.91 Å². The van der Waals surface area contributed by atoms with E-state index >= 15 is 0 Å². The molecule has 1 heterocycles. The first-order chi connectivity index (χ1) is 15.3. The van der Waals surface area contributed by atoms with E-state index in [0.717, 1.165) is 37.9 Å². The number of para-hydroxylation sites is 1. The first-order valence-electron chi connectivity index (χ1n) is 11.4. The number of carbonyl (C=O) groups is 2. The molecule has 1 atom stereocenters. The summed E-state index contributed by atoms with van der Waals surface area (Å²) in [5.41, 5.74) is 3.39. The highest BCUT2D eigenvalue weighted by molar-refractivity contribution is 7.80. The number of piperidine rings is 1. The molecule has 0 aromatic heterocycles. The zero-order valence-corrected chi connectivity index (χ0v) is 20.0. The van der Waals surface area contributed by atoms with Crippen LogP contribution < -0.4 is 10.6 Å². The minimum Gasteiger partial charge on any atom is -0.339 e. The molecule has 1 unspecified atom stereocenters. The van der Waals surface area contributed by atoms with Crippen molar-refractivity contribution in [3.05, 3.63) is 65.2 Å². The van der Waals surface area contributed by atoms with Gasteiger partial charge in [-0.25, -0.2) is 0 Å². The molecule has 1 aliphatic heterocycles. The maximum Gasteiger partial charge on any atom is 0.255 e. The molecule has 2 aromatic rings. The second kappa shape index (κ2) is 11.2. The van der Waals surface area contributed by atoms with Crippen molar-refractivity contribution in [1.29, 1.82) is 0 Å². The zero-order chi connectivity index (χ0) is 23.1. The van der Waals surface area contributed by atoms with E-state index in [4.69, 9.17) is 12.2 Å². The Labute approximate surface area is 196 Å². The van der Waals surface area contributed by atoms with Crippen LogP contribution in [-0.4, -0.2) is 34.9 Å².